The number of hydrogen-bond donors (Lipinski definition) is 2. The molecule has 0 bridgehead atoms. The monoisotopic (exact) mass is 107 g/mol. The first-order valence-corrected chi connectivity index (χ1v) is 2.65. The van der Waals surface area contributed by atoms with Crippen molar-refractivity contribution in [3.8, 4) is 0 Å². The Morgan fingerprint density at radius 1 is 1.71 bits per heavy atom. The van der Waals surface area contributed by atoms with Gasteiger partial charge in [0.05, 0.1) is 6.10 Å². The highest BCUT2D eigenvalue weighted by Crippen LogP contribution is 1.65. The Bertz CT molecular complexity index is 26.4. The first-order valence-electron chi connectivity index (χ1n) is 2.65. The van der Waals surface area contributed by atoms with Crippen LogP contribution in [0.3, 0.4) is 0 Å². The van der Waals surface area contributed by atoms with Crippen molar-refractivity contribution < 1.29 is 6.53 Å². The van der Waals surface area contributed by atoms with E-state index in [-0.39, 0.29) is 7.53 Å². The number of nitrogens with two attached hydrogens (primary N) is 1. The quantitative estimate of drug-likeness (QED) is 0.515. The standard InChI is InChI=1S/C3H9NO.C2H6.H2/c1-3(5)2-4;1-2;/h3,5H,2,4H2,1H3;1-2H3;1H. The predicted octanol–water partition coefficient (Wildman–Crippen LogP) is 0.598. The maximum absolute atomic E-state index is 8.24. The van der Waals surface area contributed by atoms with Crippen molar-refractivity contribution in [2.24, 2.45) is 5.73 Å². The molecular formula is C5H17NO. The van der Waals surface area contributed by atoms with E-state index in [0.717, 1.165) is 0 Å². The van der Waals surface area contributed by atoms with Gasteiger partial charge in [0.2, 0.25) is 0 Å². The molecule has 7 heavy (non-hydrogen) atoms. The van der Waals surface area contributed by atoms with Gasteiger partial charge in [0.1, 0.15) is 0 Å². The third kappa shape index (κ3) is 24.7. The summed E-state index contributed by atoms with van der Waals surface area (Å²) >= 11 is 0. The summed E-state index contributed by atoms with van der Waals surface area (Å²) in [6.45, 7) is 6.01. The molecule has 1 unspecified atom stereocenters. The molecule has 0 heterocycles. The number of aliphatic hydroxyl groups is 1. The molecule has 0 aliphatic heterocycles. The second-order valence-corrected chi connectivity index (χ2v) is 1.08. The van der Waals surface area contributed by atoms with Crippen LogP contribution >= 0.6 is 0 Å². The smallest absolute Gasteiger partial charge is 0.0634 e. The summed E-state index contributed by atoms with van der Waals surface area (Å²) in [5, 5.41) is 8.24. The molecule has 3 N–H and O–H groups in total. The molecule has 0 spiro atoms. The molecule has 2 heteroatoms. The van der Waals surface area contributed by atoms with Crippen molar-refractivity contribution in [3.05, 3.63) is 0 Å². The van der Waals surface area contributed by atoms with Gasteiger partial charge in [-0.3, -0.25) is 0 Å². The summed E-state index contributed by atoms with van der Waals surface area (Å²) in [4.78, 5) is 0. The zero-order valence-electron chi connectivity index (χ0n) is 5.31. The van der Waals surface area contributed by atoms with Gasteiger partial charge in [-0.2, -0.15) is 0 Å². The summed E-state index contributed by atoms with van der Waals surface area (Å²) in [5.41, 5.74) is 4.92. The Morgan fingerprint density at radius 2 is 1.86 bits per heavy atom. The molecule has 0 saturated carbocycles. The van der Waals surface area contributed by atoms with E-state index < -0.39 is 0 Å². The fourth-order valence-electron chi connectivity index (χ4n) is 0. The Kier molecular flexibility index (Phi) is 13.3. The Labute approximate surface area is 46.8 Å². The summed E-state index contributed by atoms with van der Waals surface area (Å²) < 4.78 is 0. The fraction of sp³-hybridized carbons (Fsp3) is 1.00. The Balaban J connectivity index is -0.0000000750. The number of hydrogen-bond acceptors (Lipinski definition) is 2. The topological polar surface area (TPSA) is 46.2 Å². The van der Waals surface area contributed by atoms with Crippen molar-refractivity contribution in [2.45, 2.75) is 26.9 Å². The molecule has 0 rings (SSSR count). The van der Waals surface area contributed by atoms with E-state index in [1.807, 2.05) is 13.8 Å². The lowest BCUT2D eigenvalue weighted by Crippen LogP contribution is -2.14. The average molecular weight is 107 g/mol. The molecule has 48 valence electrons. The van der Waals surface area contributed by atoms with Gasteiger partial charge in [0, 0.05) is 7.97 Å². The molecule has 1 atom stereocenters. The summed E-state index contributed by atoms with van der Waals surface area (Å²) in [7, 11) is 0. The van der Waals surface area contributed by atoms with Crippen molar-refractivity contribution in [3.63, 3.8) is 0 Å². The van der Waals surface area contributed by atoms with Gasteiger partial charge in [-0.05, 0) is 6.92 Å². The second kappa shape index (κ2) is 9.33. The highest BCUT2D eigenvalue weighted by Gasteiger charge is 1.81. The molecule has 0 aliphatic rings. The van der Waals surface area contributed by atoms with E-state index >= 15 is 0 Å². The van der Waals surface area contributed by atoms with Gasteiger partial charge >= 0.3 is 0 Å². The van der Waals surface area contributed by atoms with Crippen LogP contribution in [-0.2, 0) is 0 Å². The van der Waals surface area contributed by atoms with Gasteiger partial charge in [0.15, 0.2) is 0 Å². The van der Waals surface area contributed by atoms with E-state index in [2.05, 4.69) is 0 Å². The number of aliphatic hydroxyl groups excluding tert-OH is 1. The molecule has 2 nitrogen and oxygen atoms in total. The zero-order chi connectivity index (χ0) is 6.28. The molecule has 0 aromatic carbocycles. The summed E-state index contributed by atoms with van der Waals surface area (Å²) in [6, 6.07) is 0. The SMILES string of the molecule is CC.CC(O)CN.[HH]. The Morgan fingerprint density at radius 3 is 1.86 bits per heavy atom. The third-order valence-corrected chi connectivity index (χ3v) is 0.341. The van der Waals surface area contributed by atoms with E-state index in [9.17, 15) is 0 Å². The minimum atomic E-state index is -0.338. The molecule has 0 aromatic rings. The van der Waals surface area contributed by atoms with Crippen LogP contribution in [-0.4, -0.2) is 17.8 Å². The fourth-order valence-corrected chi connectivity index (χ4v) is 0. The maximum Gasteiger partial charge on any atom is 0.0634 e. The first kappa shape index (κ1) is 10.0. The van der Waals surface area contributed by atoms with Crippen LogP contribution in [0.4, 0.5) is 0 Å². The predicted molar refractivity (Wildman–Crippen MR) is 34.2 cm³/mol. The highest BCUT2D eigenvalue weighted by molar-refractivity contribution is 4.40. The molecular weight excluding hydrogens is 90.1 g/mol. The van der Waals surface area contributed by atoms with Crippen molar-refractivity contribution in [1.82, 2.24) is 0 Å². The third-order valence-electron chi connectivity index (χ3n) is 0.341. The van der Waals surface area contributed by atoms with Gasteiger partial charge in [-0.1, -0.05) is 13.8 Å². The molecule has 0 radical (unpaired) electrons. The minimum absolute atomic E-state index is 0. The van der Waals surface area contributed by atoms with Crippen LogP contribution in [0.15, 0.2) is 0 Å². The lowest BCUT2D eigenvalue weighted by atomic mass is 10.4. The van der Waals surface area contributed by atoms with Crippen molar-refractivity contribution >= 4 is 0 Å². The molecule has 0 aromatic heterocycles. The zero-order valence-corrected chi connectivity index (χ0v) is 5.31. The van der Waals surface area contributed by atoms with Crippen LogP contribution in [0.1, 0.15) is 22.2 Å². The second-order valence-electron chi connectivity index (χ2n) is 1.08. The Hall–Kier alpha value is -0.0800. The summed E-state index contributed by atoms with van der Waals surface area (Å²) in [5.74, 6) is 0. The highest BCUT2D eigenvalue weighted by atomic mass is 16.3. The first-order chi connectivity index (χ1) is 3.27. The van der Waals surface area contributed by atoms with Crippen LogP contribution in [0.2, 0.25) is 0 Å². The minimum Gasteiger partial charge on any atom is -0.392 e. The molecule has 0 saturated heterocycles. The van der Waals surface area contributed by atoms with Crippen LogP contribution in [0.5, 0.6) is 0 Å². The molecule has 0 aliphatic carbocycles. The van der Waals surface area contributed by atoms with Crippen molar-refractivity contribution in [2.75, 3.05) is 6.54 Å². The van der Waals surface area contributed by atoms with Gasteiger partial charge in [-0.25, -0.2) is 0 Å². The van der Waals surface area contributed by atoms with Gasteiger partial charge in [0.25, 0.3) is 0 Å². The van der Waals surface area contributed by atoms with Gasteiger partial charge < -0.3 is 10.8 Å². The molecule has 0 fully saturated rings. The van der Waals surface area contributed by atoms with Crippen LogP contribution < -0.4 is 5.73 Å². The normalized spacial score (nSPS) is 11.6. The maximum atomic E-state index is 8.24. The van der Waals surface area contributed by atoms with Crippen LogP contribution in [0, 0.1) is 0 Å². The lowest BCUT2D eigenvalue weighted by Gasteiger charge is -1.91. The largest absolute Gasteiger partial charge is 0.392 e. The van der Waals surface area contributed by atoms with E-state index in [4.69, 9.17) is 10.8 Å². The average Bonchev–Trinajstić information content (AvgIpc) is 1.73. The molecule has 0 amide bonds. The van der Waals surface area contributed by atoms with E-state index in [1.54, 1.807) is 6.92 Å². The van der Waals surface area contributed by atoms with Crippen molar-refractivity contribution in [1.29, 1.82) is 0 Å². The van der Waals surface area contributed by atoms with E-state index in [0.29, 0.717) is 6.54 Å². The summed E-state index contributed by atoms with van der Waals surface area (Å²) in [6.07, 6.45) is -0.338. The van der Waals surface area contributed by atoms with Crippen LogP contribution in [0.25, 0.3) is 0 Å². The lowest BCUT2D eigenvalue weighted by molar-refractivity contribution is 0.203. The number of rotatable bonds is 1. The van der Waals surface area contributed by atoms with E-state index in [1.165, 1.54) is 0 Å². The van der Waals surface area contributed by atoms with Gasteiger partial charge in [-0.15, -0.1) is 0 Å².